The van der Waals surface area contributed by atoms with Gasteiger partial charge in [0.15, 0.2) is 5.70 Å². The van der Waals surface area contributed by atoms with Gasteiger partial charge in [-0.15, -0.1) is 0 Å². The number of allylic oxidation sites excluding steroid dienone is 1. The molecule has 0 aliphatic carbocycles. The van der Waals surface area contributed by atoms with Crippen LogP contribution in [0.5, 0.6) is 0 Å². The standard InChI is InChI=1S/C22H15N3O5S/c1-12-19(21(28)30-22-16-5-3-2-4-15(16)20(27)29-22)24-17(26)10-18(24)31-25(12)14-8-6-13(11-23)7-9-14/h2-9,18,22H,10H2,1H3/t18-,22?/m0/s1. The maximum atomic E-state index is 13.1. The van der Waals surface area contributed by atoms with Gasteiger partial charge in [-0.3, -0.25) is 14.0 Å². The molecular formula is C22H15N3O5S. The number of ether oxygens (including phenoxy) is 2. The summed E-state index contributed by atoms with van der Waals surface area (Å²) in [4.78, 5) is 38.9. The van der Waals surface area contributed by atoms with Crippen LogP contribution < -0.4 is 4.31 Å². The molecule has 0 radical (unpaired) electrons. The van der Waals surface area contributed by atoms with Crippen molar-refractivity contribution in [2.75, 3.05) is 4.31 Å². The first-order valence-electron chi connectivity index (χ1n) is 9.49. The van der Waals surface area contributed by atoms with Crippen LogP contribution in [0.15, 0.2) is 59.9 Å². The predicted molar refractivity (Wildman–Crippen MR) is 110 cm³/mol. The molecule has 1 amide bonds. The van der Waals surface area contributed by atoms with Crippen LogP contribution in [0.25, 0.3) is 0 Å². The zero-order valence-corrected chi connectivity index (χ0v) is 17.1. The van der Waals surface area contributed by atoms with Crippen molar-refractivity contribution in [3.05, 3.63) is 76.6 Å². The molecule has 0 aromatic heterocycles. The van der Waals surface area contributed by atoms with Crippen molar-refractivity contribution in [3.63, 3.8) is 0 Å². The smallest absolute Gasteiger partial charge is 0.360 e. The molecule has 31 heavy (non-hydrogen) atoms. The Morgan fingerprint density at radius 3 is 2.65 bits per heavy atom. The maximum Gasteiger partial charge on any atom is 0.360 e. The average Bonchev–Trinajstić information content (AvgIpc) is 3.09. The first-order chi connectivity index (χ1) is 15.0. The minimum Gasteiger partial charge on any atom is -0.417 e. The highest BCUT2D eigenvalue weighted by atomic mass is 32.2. The van der Waals surface area contributed by atoms with E-state index in [9.17, 15) is 14.4 Å². The van der Waals surface area contributed by atoms with Crippen LogP contribution in [0, 0.1) is 11.3 Å². The van der Waals surface area contributed by atoms with Crippen molar-refractivity contribution in [3.8, 4) is 6.07 Å². The number of fused-ring (bicyclic) bond motifs is 2. The van der Waals surface area contributed by atoms with Gasteiger partial charge in [0.25, 0.3) is 6.29 Å². The number of cyclic esters (lactones) is 1. The summed E-state index contributed by atoms with van der Waals surface area (Å²) in [5.41, 5.74) is 2.74. The van der Waals surface area contributed by atoms with Crippen LogP contribution in [-0.4, -0.2) is 28.1 Å². The summed E-state index contributed by atoms with van der Waals surface area (Å²) in [5.74, 6) is -1.48. The molecule has 1 fully saturated rings. The summed E-state index contributed by atoms with van der Waals surface area (Å²) in [7, 11) is 0. The van der Waals surface area contributed by atoms with E-state index < -0.39 is 18.2 Å². The normalized spacial score (nSPS) is 21.7. The van der Waals surface area contributed by atoms with E-state index in [-0.39, 0.29) is 17.0 Å². The van der Waals surface area contributed by atoms with Crippen LogP contribution in [0.3, 0.4) is 0 Å². The van der Waals surface area contributed by atoms with Gasteiger partial charge < -0.3 is 9.47 Å². The minimum absolute atomic E-state index is 0.116. The zero-order chi connectivity index (χ0) is 21.7. The second-order valence-electron chi connectivity index (χ2n) is 7.14. The minimum atomic E-state index is -1.16. The first-order valence-corrected chi connectivity index (χ1v) is 10.3. The summed E-state index contributed by atoms with van der Waals surface area (Å²) >= 11 is 1.42. The Balaban J connectivity index is 1.48. The lowest BCUT2D eigenvalue weighted by Crippen LogP contribution is -2.56. The van der Waals surface area contributed by atoms with Gasteiger partial charge in [0.1, 0.15) is 5.37 Å². The molecule has 9 heteroatoms. The average molecular weight is 433 g/mol. The van der Waals surface area contributed by atoms with Gasteiger partial charge >= 0.3 is 11.9 Å². The molecule has 0 N–H and O–H groups in total. The number of carbonyl (C=O) groups is 3. The molecule has 8 nitrogen and oxygen atoms in total. The van der Waals surface area contributed by atoms with Gasteiger partial charge in [0.2, 0.25) is 5.91 Å². The van der Waals surface area contributed by atoms with Crippen molar-refractivity contribution in [1.29, 1.82) is 5.26 Å². The van der Waals surface area contributed by atoms with Gasteiger partial charge in [0, 0.05) is 5.56 Å². The van der Waals surface area contributed by atoms with E-state index in [4.69, 9.17) is 14.7 Å². The highest BCUT2D eigenvalue weighted by Gasteiger charge is 2.49. The summed E-state index contributed by atoms with van der Waals surface area (Å²) in [6.07, 6.45) is -0.868. The molecule has 2 atom stereocenters. The van der Waals surface area contributed by atoms with Crippen molar-refractivity contribution in [1.82, 2.24) is 4.90 Å². The Hall–Kier alpha value is -3.77. The number of carbonyl (C=O) groups excluding carboxylic acids is 3. The van der Waals surface area contributed by atoms with Crippen LogP contribution in [0.2, 0.25) is 0 Å². The van der Waals surface area contributed by atoms with E-state index in [0.29, 0.717) is 28.8 Å². The monoisotopic (exact) mass is 433 g/mol. The Morgan fingerprint density at radius 2 is 1.94 bits per heavy atom. The van der Waals surface area contributed by atoms with E-state index in [0.717, 1.165) is 5.69 Å². The Bertz CT molecular complexity index is 1200. The van der Waals surface area contributed by atoms with Crippen molar-refractivity contribution < 1.29 is 23.9 Å². The number of hydrogen-bond acceptors (Lipinski definition) is 8. The molecule has 0 saturated carbocycles. The highest BCUT2D eigenvalue weighted by molar-refractivity contribution is 8.01. The largest absolute Gasteiger partial charge is 0.417 e. The van der Waals surface area contributed by atoms with E-state index in [1.54, 1.807) is 55.5 Å². The fraction of sp³-hybridized carbons (Fsp3) is 0.182. The Morgan fingerprint density at radius 1 is 1.19 bits per heavy atom. The summed E-state index contributed by atoms with van der Waals surface area (Å²) in [5, 5.41) is 8.78. The molecule has 154 valence electrons. The number of rotatable bonds is 3. The lowest BCUT2D eigenvalue weighted by atomic mass is 10.1. The lowest BCUT2D eigenvalue weighted by Gasteiger charge is -2.47. The van der Waals surface area contributed by atoms with E-state index in [1.165, 1.54) is 16.8 Å². The quantitative estimate of drug-likeness (QED) is 0.413. The van der Waals surface area contributed by atoms with E-state index >= 15 is 0 Å². The third-order valence-corrected chi connectivity index (χ3v) is 6.62. The molecule has 2 aromatic carbocycles. The molecule has 3 aliphatic rings. The number of anilines is 1. The van der Waals surface area contributed by atoms with Crippen LogP contribution in [-0.2, 0) is 19.1 Å². The molecule has 2 aromatic rings. The molecule has 3 heterocycles. The van der Waals surface area contributed by atoms with Crippen molar-refractivity contribution in [2.24, 2.45) is 0 Å². The second-order valence-corrected chi connectivity index (χ2v) is 8.26. The zero-order valence-electron chi connectivity index (χ0n) is 16.3. The molecule has 5 rings (SSSR count). The topological polar surface area (TPSA) is 99.9 Å². The number of esters is 2. The second kappa shape index (κ2) is 7.18. The predicted octanol–water partition coefficient (Wildman–Crippen LogP) is 3.23. The van der Waals surface area contributed by atoms with Crippen molar-refractivity contribution in [2.45, 2.75) is 25.0 Å². The third kappa shape index (κ3) is 3.04. The van der Waals surface area contributed by atoms with Gasteiger partial charge in [-0.05, 0) is 49.2 Å². The van der Waals surface area contributed by atoms with E-state index in [2.05, 4.69) is 6.07 Å². The molecule has 1 saturated heterocycles. The molecule has 0 spiro atoms. The van der Waals surface area contributed by atoms with Gasteiger partial charge in [0.05, 0.1) is 35.0 Å². The molecule has 1 unspecified atom stereocenters. The van der Waals surface area contributed by atoms with Crippen LogP contribution in [0.4, 0.5) is 5.69 Å². The van der Waals surface area contributed by atoms with Crippen LogP contribution in [0.1, 0.15) is 41.1 Å². The van der Waals surface area contributed by atoms with Gasteiger partial charge in [-0.2, -0.15) is 5.26 Å². The fourth-order valence-corrected chi connectivity index (χ4v) is 5.00. The van der Waals surface area contributed by atoms with Gasteiger partial charge in [-0.25, -0.2) is 9.59 Å². The molecular weight excluding hydrogens is 418 g/mol. The number of nitrogens with zero attached hydrogens (tertiary/aromatic N) is 3. The van der Waals surface area contributed by atoms with Crippen LogP contribution >= 0.6 is 11.9 Å². The third-order valence-electron chi connectivity index (χ3n) is 5.31. The number of benzene rings is 2. The van der Waals surface area contributed by atoms with Crippen molar-refractivity contribution >= 4 is 35.5 Å². The number of amides is 1. The summed E-state index contributed by atoms with van der Waals surface area (Å²) < 4.78 is 12.6. The number of hydrogen-bond donors (Lipinski definition) is 0. The lowest BCUT2D eigenvalue weighted by molar-refractivity contribution is -0.168. The summed E-state index contributed by atoms with van der Waals surface area (Å²) in [6, 6.07) is 15.7. The SMILES string of the molecule is CC1=C(C(=O)OC2OC(=O)c3ccccc32)N2C(=O)C[C@@H]2SN1c1ccc(C#N)cc1. The maximum absolute atomic E-state index is 13.1. The number of β-lactam (4-membered cyclic amide) rings is 1. The number of nitriles is 1. The Labute approximate surface area is 181 Å². The van der Waals surface area contributed by atoms with Gasteiger partial charge in [-0.1, -0.05) is 18.2 Å². The molecule has 3 aliphatic heterocycles. The van der Waals surface area contributed by atoms with E-state index in [1.807, 2.05) is 4.31 Å². The highest BCUT2D eigenvalue weighted by Crippen LogP contribution is 2.46. The summed E-state index contributed by atoms with van der Waals surface area (Å²) in [6.45, 7) is 1.72. The fourth-order valence-electron chi connectivity index (χ4n) is 3.74. The molecule has 0 bridgehead atoms. The Kier molecular flexibility index (Phi) is 4.45. The first kappa shape index (κ1) is 19.2.